The van der Waals surface area contributed by atoms with E-state index in [1.165, 1.54) is 7.11 Å². The standard InChI is InChI=1S/C19H32N4O3.3ClH/c1-26-19(25)17-8-6-16(7-9-17)18(24)23-15-5-14-22-12-3-2-11-21-13-4-10-20;;;/h6-9,21-22H,2-5,10-15,20H2,1H3,(H,23,24);3*1H. The van der Waals surface area contributed by atoms with Crippen LogP contribution in [0.1, 0.15) is 46.4 Å². The lowest BCUT2D eigenvalue weighted by atomic mass is 10.1. The highest BCUT2D eigenvalue weighted by atomic mass is 35.5. The van der Waals surface area contributed by atoms with Crippen LogP contribution in [-0.4, -0.2) is 58.3 Å². The molecule has 0 aliphatic rings. The lowest BCUT2D eigenvalue weighted by Crippen LogP contribution is -2.28. The van der Waals surface area contributed by atoms with Crippen molar-refractivity contribution in [2.75, 3.05) is 46.4 Å². The van der Waals surface area contributed by atoms with E-state index in [-0.39, 0.29) is 43.1 Å². The molecular weight excluding hydrogens is 439 g/mol. The van der Waals surface area contributed by atoms with Gasteiger partial charge in [0.2, 0.25) is 0 Å². The molecule has 0 radical (unpaired) electrons. The van der Waals surface area contributed by atoms with E-state index < -0.39 is 5.97 Å². The van der Waals surface area contributed by atoms with Crippen LogP contribution >= 0.6 is 37.2 Å². The third-order valence-electron chi connectivity index (χ3n) is 3.90. The van der Waals surface area contributed by atoms with Gasteiger partial charge in [0.15, 0.2) is 0 Å². The zero-order chi connectivity index (χ0) is 19.0. The monoisotopic (exact) mass is 472 g/mol. The van der Waals surface area contributed by atoms with Crippen LogP contribution in [0.2, 0.25) is 0 Å². The van der Waals surface area contributed by atoms with Gasteiger partial charge < -0.3 is 26.4 Å². The Morgan fingerprint density at radius 2 is 1.28 bits per heavy atom. The highest BCUT2D eigenvalue weighted by Gasteiger charge is 2.08. The van der Waals surface area contributed by atoms with E-state index in [1.807, 2.05) is 0 Å². The van der Waals surface area contributed by atoms with Crippen LogP contribution in [0.15, 0.2) is 24.3 Å². The topological polar surface area (TPSA) is 105 Å². The van der Waals surface area contributed by atoms with Gasteiger partial charge in [0.25, 0.3) is 5.91 Å². The van der Waals surface area contributed by atoms with Crippen molar-refractivity contribution in [2.24, 2.45) is 5.73 Å². The van der Waals surface area contributed by atoms with Gasteiger partial charge in [-0.3, -0.25) is 4.79 Å². The molecule has 0 bridgehead atoms. The van der Waals surface area contributed by atoms with E-state index in [2.05, 4.69) is 20.7 Å². The minimum Gasteiger partial charge on any atom is -0.465 e. The van der Waals surface area contributed by atoms with Gasteiger partial charge in [-0.05, 0) is 82.7 Å². The molecule has 0 saturated heterocycles. The summed E-state index contributed by atoms with van der Waals surface area (Å²) in [6.45, 7) is 5.25. The summed E-state index contributed by atoms with van der Waals surface area (Å²) in [5, 5.41) is 9.61. The second-order valence-electron chi connectivity index (χ2n) is 6.03. The number of hydrogen-bond donors (Lipinski definition) is 4. The van der Waals surface area contributed by atoms with Crippen molar-refractivity contribution in [3.8, 4) is 0 Å². The summed E-state index contributed by atoms with van der Waals surface area (Å²) in [5.74, 6) is -0.542. The first kappa shape index (κ1) is 32.6. The fraction of sp³-hybridized carbons (Fsp3) is 0.579. The molecule has 0 unspecified atom stereocenters. The van der Waals surface area contributed by atoms with Gasteiger partial charge in [-0.2, -0.15) is 0 Å². The Labute approximate surface area is 192 Å². The molecular formula is C19H35Cl3N4O3. The van der Waals surface area contributed by atoms with E-state index in [1.54, 1.807) is 24.3 Å². The van der Waals surface area contributed by atoms with Crippen molar-refractivity contribution in [2.45, 2.75) is 25.7 Å². The number of amides is 1. The summed E-state index contributed by atoms with van der Waals surface area (Å²) < 4.78 is 4.63. The summed E-state index contributed by atoms with van der Waals surface area (Å²) in [7, 11) is 1.33. The highest BCUT2D eigenvalue weighted by molar-refractivity contribution is 5.96. The Bertz CT molecular complexity index is 534. The fourth-order valence-corrected chi connectivity index (χ4v) is 2.37. The molecule has 1 rings (SSSR count). The van der Waals surface area contributed by atoms with Gasteiger partial charge in [-0.1, -0.05) is 0 Å². The van der Waals surface area contributed by atoms with Crippen molar-refractivity contribution in [3.05, 3.63) is 35.4 Å². The molecule has 0 aromatic heterocycles. The number of benzene rings is 1. The molecule has 0 spiro atoms. The van der Waals surface area contributed by atoms with Crippen molar-refractivity contribution in [1.82, 2.24) is 16.0 Å². The quantitative estimate of drug-likeness (QED) is 0.244. The number of nitrogens with two attached hydrogens (primary N) is 1. The maximum absolute atomic E-state index is 12.0. The van der Waals surface area contributed by atoms with Crippen LogP contribution in [0.5, 0.6) is 0 Å². The Hall–Kier alpha value is -1.09. The van der Waals surface area contributed by atoms with Gasteiger partial charge in [0, 0.05) is 12.1 Å². The molecule has 170 valence electrons. The van der Waals surface area contributed by atoms with Gasteiger partial charge >= 0.3 is 5.97 Å². The number of methoxy groups -OCH3 is 1. The molecule has 0 aliphatic heterocycles. The molecule has 1 aromatic carbocycles. The zero-order valence-electron chi connectivity index (χ0n) is 16.9. The van der Waals surface area contributed by atoms with Gasteiger partial charge in [-0.25, -0.2) is 4.79 Å². The van der Waals surface area contributed by atoms with E-state index in [4.69, 9.17) is 5.73 Å². The number of esters is 1. The van der Waals surface area contributed by atoms with E-state index in [0.29, 0.717) is 17.7 Å². The van der Waals surface area contributed by atoms with Gasteiger partial charge in [0.05, 0.1) is 12.7 Å². The van der Waals surface area contributed by atoms with Crippen LogP contribution in [0.25, 0.3) is 0 Å². The molecule has 0 aliphatic carbocycles. The molecule has 7 nitrogen and oxygen atoms in total. The van der Waals surface area contributed by atoms with Crippen molar-refractivity contribution in [1.29, 1.82) is 0 Å². The highest BCUT2D eigenvalue weighted by Crippen LogP contribution is 2.05. The number of nitrogens with one attached hydrogen (secondary N) is 3. The summed E-state index contributed by atoms with van der Waals surface area (Å²) in [6.07, 6.45) is 4.19. The number of carbonyl (C=O) groups is 2. The predicted molar refractivity (Wildman–Crippen MR) is 125 cm³/mol. The molecule has 0 atom stereocenters. The summed E-state index contributed by atoms with van der Waals surface area (Å²) >= 11 is 0. The van der Waals surface area contributed by atoms with E-state index in [9.17, 15) is 9.59 Å². The molecule has 1 amide bonds. The summed E-state index contributed by atoms with van der Waals surface area (Å²) in [6, 6.07) is 6.43. The Balaban J connectivity index is -0.00000225. The van der Waals surface area contributed by atoms with Crippen LogP contribution in [-0.2, 0) is 4.74 Å². The maximum Gasteiger partial charge on any atom is 0.337 e. The number of carbonyl (C=O) groups excluding carboxylic acids is 2. The van der Waals surface area contributed by atoms with Crippen LogP contribution in [0.4, 0.5) is 0 Å². The van der Waals surface area contributed by atoms with Gasteiger partial charge in [0.1, 0.15) is 0 Å². The maximum atomic E-state index is 12.0. The first-order valence-corrected chi connectivity index (χ1v) is 9.27. The summed E-state index contributed by atoms with van der Waals surface area (Å²) in [5.41, 5.74) is 6.40. The minimum atomic E-state index is -0.408. The van der Waals surface area contributed by atoms with E-state index >= 15 is 0 Å². The largest absolute Gasteiger partial charge is 0.465 e. The number of ether oxygens (including phenoxy) is 1. The fourth-order valence-electron chi connectivity index (χ4n) is 2.37. The average Bonchev–Trinajstić information content (AvgIpc) is 2.68. The van der Waals surface area contributed by atoms with Crippen molar-refractivity contribution < 1.29 is 14.3 Å². The first-order chi connectivity index (χ1) is 12.7. The number of unbranched alkanes of at least 4 members (excludes halogenated alkanes) is 1. The van der Waals surface area contributed by atoms with E-state index in [0.717, 1.165) is 58.4 Å². The zero-order valence-corrected chi connectivity index (χ0v) is 19.4. The van der Waals surface area contributed by atoms with Crippen LogP contribution in [0, 0.1) is 0 Å². The molecule has 5 N–H and O–H groups in total. The average molecular weight is 474 g/mol. The molecule has 0 heterocycles. The molecule has 0 fully saturated rings. The number of rotatable bonds is 14. The Morgan fingerprint density at radius 1 is 0.793 bits per heavy atom. The third-order valence-corrected chi connectivity index (χ3v) is 3.90. The van der Waals surface area contributed by atoms with Crippen LogP contribution in [0.3, 0.4) is 0 Å². The molecule has 0 saturated carbocycles. The third kappa shape index (κ3) is 15.4. The van der Waals surface area contributed by atoms with Gasteiger partial charge in [-0.15, -0.1) is 37.2 Å². The second-order valence-corrected chi connectivity index (χ2v) is 6.03. The first-order valence-electron chi connectivity index (χ1n) is 9.27. The number of hydrogen-bond acceptors (Lipinski definition) is 6. The number of halogens is 3. The lowest BCUT2D eigenvalue weighted by molar-refractivity contribution is 0.0600. The van der Waals surface area contributed by atoms with Crippen LogP contribution < -0.4 is 21.7 Å². The normalized spacial score (nSPS) is 9.45. The van der Waals surface area contributed by atoms with Crippen molar-refractivity contribution >= 4 is 49.1 Å². The predicted octanol–water partition coefficient (Wildman–Crippen LogP) is 2.17. The summed E-state index contributed by atoms with van der Waals surface area (Å²) in [4.78, 5) is 23.4. The Kier molecular flexibility index (Phi) is 24.3. The lowest BCUT2D eigenvalue weighted by Gasteiger charge is -2.08. The second kappa shape index (κ2) is 21.6. The molecule has 29 heavy (non-hydrogen) atoms. The molecule has 10 heteroatoms. The van der Waals surface area contributed by atoms with Crippen molar-refractivity contribution in [3.63, 3.8) is 0 Å². The minimum absolute atomic E-state index is 0. The smallest absolute Gasteiger partial charge is 0.337 e. The Morgan fingerprint density at radius 3 is 1.79 bits per heavy atom. The SMILES string of the molecule is COC(=O)c1ccc(C(=O)NCCCNCCCCNCCCN)cc1.Cl.Cl.Cl. The molecule has 1 aromatic rings.